The molecular formula is C14H27N5. The highest BCUT2D eigenvalue weighted by Crippen LogP contribution is 2.13. The molecule has 19 heavy (non-hydrogen) atoms. The Hall–Kier alpha value is -1.36. The van der Waals surface area contributed by atoms with Crippen molar-refractivity contribution in [3.05, 3.63) is 12.3 Å². The van der Waals surface area contributed by atoms with E-state index >= 15 is 0 Å². The standard InChI is InChI=1S/C14H27N5/c1-11(2)9-12(10-18(3)4)16-13-7-8-15-14(17-13)19(5)6/h7-8,11-12H,9-10H2,1-6H3,(H,15,16,17). The van der Waals surface area contributed by atoms with Crippen molar-refractivity contribution in [3.8, 4) is 0 Å². The van der Waals surface area contributed by atoms with Crippen LogP contribution in [0.5, 0.6) is 0 Å². The van der Waals surface area contributed by atoms with E-state index in [0.29, 0.717) is 12.0 Å². The zero-order valence-corrected chi connectivity index (χ0v) is 13.0. The fraction of sp³-hybridized carbons (Fsp3) is 0.714. The van der Waals surface area contributed by atoms with E-state index in [4.69, 9.17) is 0 Å². The molecule has 1 N–H and O–H groups in total. The molecule has 5 nitrogen and oxygen atoms in total. The van der Waals surface area contributed by atoms with Gasteiger partial charge in [-0.1, -0.05) is 13.8 Å². The molecule has 108 valence electrons. The van der Waals surface area contributed by atoms with Gasteiger partial charge in [-0.05, 0) is 32.5 Å². The largest absolute Gasteiger partial charge is 0.366 e. The second kappa shape index (κ2) is 7.28. The zero-order valence-electron chi connectivity index (χ0n) is 13.0. The molecule has 1 rings (SSSR count). The lowest BCUT2D eigenvalue weighted by atomic mass is 10.0. The highest BCUT2D eigenvalue weighted by molar-refractivity contribution is 5.41. The summed E-state index contributed by atoms with van der Waals surface area (Å²) in [5.41, 5.74) is 0. The number of aromatic nitrogens is 2. The Morgan fingerprint density at radius 1 is 1.21 bits per heavy atom. The summed E-state index contributed by atoms with van der Waals surface area (Å²) in [6, 6.07) is 2.33. The van der Waals surface area contributed by atoms with Crippen LogP contribution in [-0.4, -0.2) is 55.6 Å². The molecule has 0 aliphatic rings. The van der Waals surface area contributed by atoms with Crippen molar-refractivity contribution in [2.24, 2.45) is 5.92 Å². The number of likely N-dealkylation sites (N-methyl/N-ethyl adjacent to an activating group) is 1. The first kappa shape index (κ1) is 15.7. The van der Waals surface area contributed by atoms with Gasteiger partial charge in [0.15, 0.2) is 0 Å². The average Bonchev–Trinajstić information content (AvgIpc) is 2.27. The van der Waals surface area contributed by atoms with Crippen LogP contribution in [0.15, 0.2) is 12.3 Å². The summed E-state index contributed by atoms with van der Waals surface area (Å²) in [6.45, 7) is 5.49. The van der Waals surface area contributed by atoms with Crippen LogP contribution < -0.4 is 10.2 Å². The third-order valence-electron chi connectivity index (χ3n) is 2.74. The molecule has 0 aromatic carbocycles. The first-order valence-electron chi connectivity index (χ1n) is 6.80. The number of rotatable bonds is 7. The Balaban J connectivity index is 2.74. The van der Waals surface area contributed by atoms with Crippen molar-refractivity contribution in [2.75, 3.05) is 45.0 Å². The summed E-state index contributed by atoms with van der Waals surface area (Å²) >= 11 is 0. The monoisotopic (exact) mass is 265 g/mol. The maximum absolute atomic E-state index is 4.51. The Kier molecular flexibility index (Phi) is 6.02. The lowest BCUT2D eigenvalue weighted by molar-refractivity contribution is 0.356. The van der Waals surface area contributed by atoms with Gasteiger partial charge in [-0.25, -0.2) is 4.98 Å². The molecule has 5 heteroatoms. The maximum Gasteiger partial charge on any atom is 0.226 e. The molecule has 1 atom stereocenters. The van der Waals surface area contributed by atoms with Crippen molar-refractivity contribution in [3.63, 3.8) is 0 Å². The van der Waals surface area contributed by atoms with Crippen LogP contribution in [-0.2, 0) is 0 Å². The van der Waals surface area contributed by atoms with Gasteiger partial charge in [-0.15, -0.1) is 0 Å². The van der Waals surface area contributed by atoms with E-state index in [1.165, 1.54) is 0 Å². The molecule has 1 heterocycles. The van der Waals surface area contributed by atoms with E-state index in [0.717, 1.165) is 24.7 Å². The van der Waals surface area contributed by atoms with Gasteiger partial charge >= 0.3 is 0 Å². The van der Waals surface area contributed by atoms with Gasteiger partial charge in [0.05, 0.1) is 0 Å². The SMILES string of the molecule is CC(C)CC(CN(C)C)Nc1ccnc(N(C)C)n1. The van der Waals surface area contributed by atoms with E-state index in [1.807, 2.05) is 25.1 Å². The van der Waals surface area contributed by atoms with Crippen molar-refractivity contribution in [2.45, 2.75) is 26.3 Å². The van der Waals surface area contributed by atoms with Gasteiger partial charge in [0.2, 0.25) is 5.95 Å². The minimum Gasteiger partial charge on any atom is -0.366 e. The van der Waals surface area contributed by atoms with E-state index in [1.54, 1.807) is 6.20 Å². The Bertz CT molecular complexity index is 366. The topological polar surface area (TPSA) is 44.3 Å². The predicted molar refractivity (Wildman–Crippen MR) is 81.8 cm³/mol. The molecule has 0 radical (unpaired) electrons. The van der Waals surface area contributed by atoms with Crippen LogP contribution >= 0.6 is 0 Å². The fourth-order valence-electron chi connectivity index (χ4n) is 2.04. The molecule has 1 aromatic rings. The Morgan fingerprint density at radius 3 is 2.42 bits per heavy atom. The number of hydrogen-bond donors (Lipinski definition) is 1. The van der Waals surface area contributed by atoms with Crippen LogP contribution in [0.3, 0.4) is 0 Å². The molecule has 0 amide bonds. The van der Waals surface area contributed by atoms with Crippen LogP contribution in [0.2, 0.25) is 0 Å². The normalized spacial score (nSPS) is 12.8. The van der Waals surface area contributed by atoms with Crippen LogP contribution in [0.25, 0.3) is 0 Å². The molecule has 0 aliphatic carbocycles. The number of nitrogens with one attached hydrogen (secondary N) is 1. The second-order valence-corrected chi connectivity index (χ2v) is 5.87. The third-order valence-corrected chi connectivity index (χ3v) is 2.74. The second-order valence-electron chi connectivity index (χ2n) is 5.87. The molecule has 1 unspecified atom stereocenters. The quantitative estimate of drug-likeness (QED) is 0.816. The van der Waals surface area contributed by atoms with Gasteiger partial charge < -0.3 is 15.1 Å². The summed E-state index contributed by atoms with van der Waals surface area (Å²) in [7, 11) is 8.09. The molecular weight excluding hydrogens is 238 g/mol. The minimum atomic E-state index is 0.403. The van der Waals surface area contributed by atoms with Crippen LogP contribution in [0.1, 0.15) is 20.3 Å². The maximum atomic E-state index is 4.51. The van der Waals surface area contributed by atoms with Gasteiger partial charge in [-0.2, -0.15) is 4.98 Å². The molecule has 0 saturated heterocycles. The highest BCUT2D eigenvalue weighted by Gasteiger charge is 2.13. The lowest BCUT2D eigenvalue weighted by Gasteiger charge is -2.24. The first-order valence-corrected chi connectivity index (χ1v) is 6.80. The first-order chi connectivity index (χ1) is 8.88. The van der Waals surface area contributed by atoms with E-state index in [2.05, 4.69) is 48.1 Å². The molecule has 0 fully saturated rings. The molecule has 1 aromatic heterocycles. The fourth-order valence-corrected chi connectivity index (χ4v) is 2.04. The van der Waals surface area contributed by atoms with Crippen molar-refractivity contribution in [1.29, 1.82) is 0 Å². The predicted octanol–water partition coefficient (Wildman–Crippen LogP) is 1.93. The smallest absolute Gasteiger partial charge is 0.226 e. The lowest BCUT2D eigenvalue weighted by Crippen LogP contribution is -2.34. The Labute approximate surface area is 117 Å². The van der Waals surface area contributed by atoms with E-state index < -0.39 is 0 Å². The third kappa shape index (κ3) is 5.87. The summed E-state index contributed by atoms with van der Waals surface area (Å²) in [6.07, 6.45) is 2.92. The van der Waals surface area contributed by atoms with Gasteiger partial charge in [0.25, 0.3) is 0 Å². The van der Waals surface area contributed by atoms with Gasteiger partial charge in [0, 0.05) is 32.9 Å². The summed E-state index contributed by atoms with van der Waals surface area (Å²) in [4.78, 5) is 12.9. The summed E-state index contributed by atoms with van der Waals surface area (Å²) in [5.74, 6) is 2.29. The van der Waals surface area contributed by atoms with E-state index in [-0.39, 0.29) is 0 Å². The summed E-state index contributed by atoms with van der Waals surface area (Å²) < 4.78 is 0. The summed E-state index contributed by atoms with van der Waals surface area (Å²) in [5, 5.41) is 3.52. The van der Waals surface area contributed by atoms with Gasteiger partial charge in [-0.3, -0.25) is 0 Å². The zero-order chi connectivity index (χ0) is 14.4. The highest BCUT2D eigenvalue weighted by atomic mass is 15.2. The Morgan fingerprint density at radius 2 is 1.89 bits per heavy atom. The number of hydrogen-bond acceptors (Lipinski definition) is 5. The number of anilines is 2. The minimum absolute atomic E-state index is 0.403. The van der Waals surface area contributed by atoms with Crippen molar-refractivity contribution in [1.82, 2.24) is 14.9 Å². The average molecular weight is 265 g/mol. The van der Waals surface area contributed by atoms with E-state index in [9.17, 15) is 0 Å². The van der Waals surface area contributed by atoms with Crippen molar-refractivity contribution >= 4 is 11.8 Å². The molecule has 0 bridgehead atoms. The van der Waals surface area contributed by atoms with Crippen LogP contribution in [0, 0.1) is 5.92 Å². The van der Waals surface area contributed by atoms with Gasteiger partial charge in [0.1, 0.15) is 5.82 Å². The van der Waals surface area contributed by atoms with Crippen LogP contribution in [0.4, 0.5) is 11.8 Å². The molecule has 0 spiro atoms. The molecule has 0 saturated carbocycles. The number of nitrogens with zero attached hydrogens (tertiary/aromatic N) is 4. The molecule has 0 aliphatic heterocycles. The van der Waals surface area contributed by atoms with Crippen molar-refractivity contribution < 1.29 is 0 Å².